The number of thiazole rings is 1. The van der Waals surface area contributed by atoms with Gasteiger partial charge in [-0.3, -0.25) is 14.4 Å². The van der Waals surface area contributed by atoms with Crippen molar-refractivity contribution in [3.05, 3.63) is 76.8 Å². The number of carbonyl (C=O) groups excluding carboxylic acids is 3. The molecule has 1 unspecified atom stereocenters. The average Bonchev–Trinajstić information content (AvgIpc) is 3.41. The van der Waals surface area contributed by atoms with Crippen LogP contribution in [0.1, 0.15) is 23.2 Å². The van der Waals surface area contributed by atoms with Crippen LogP contribution in [0.15, 0.2) is 65.0 Å². The van der Waals surface area contributed by atoms with E-state index in [4.69, 9.17) is 0 Å². The van der Waals surface area contributed by atoms with E-state index in [9.17, 15) is 14.4 Å². The molecular weight excluding hydrogens is 436 g/mol. The lowest BCUT2D eigenvalue weighted by molar-refractivity contribution is -0.128. The zero-order valence-corrected chi connectivity index (χ0v) is 18.4. The molecule has 0 spiro atoms. The van der Waals surface area contributed by atoms with Gasteiger partial charge in [-0.1, -0.05) is 36.4 Å². The summed E-state index contributed by atoms with van der Waals surface area (Å²) in [5.74, 6) is -2.00. The second-order valence-electron chi connectivity index (χ2n) is 7.87. The highest BCUT2D eigenvalue weighted by molar-refractivity contribution is 7.13. The van der Waals surface area contributed by atoms with E-state index in [1.54, 1.807) is 11.5 Å². The third-order valence-electron chi connectivity index (χ3n) is 5.61. The summed E-state index contributed by atoms with van der Waals surface area (Å²) in [6, 6.07) is 14.4. The maximum absolute atomic E-state index is 12.5. The van der Waals surface area contributed by atoms with Crippen LogP contribution in [0, 0.1) is 5.92 Å². The number of rotatable bonds is 6. The van der Waals surface area contributed by atoms with Crippen LogP contribution >= 0.6 is 11.3 Å². The fraction of sp³-hybridized carbons (Fsp3) is 0.160. The van der Waals surface area contributed by atoms with Crippen molar-refractivity contribution in [3.63, 3.8) is 0 Å². The average molecular weight is 457 g/mol. The molecule has 2 aromatic carbocycles. The van der Waals surface area contributed by atoms with Crippen molar-refractivity contribution in [2.75, 3.05) is 10.6 Å². The highest BCUT2D eigenvalue weighted by atomic mass is 32.1. The van der Waals surface area contributed by atoms with Crippen LogP contribution in [-0.4, -0.2) is 28.9 Å². The number of hydrogen-bond donors (Lipinski definition) is 2. The lowest BCUT2D eigenvalue weighted by Crippen LogP contribution is -2.28. The molecule has 2 aliphatic rings. The molecule has 3 aromatic rings. The molecule has 0 bridgehead atoms. The van der Waals surface area contributed by atoms with E-state index in [1.165, 1.54) is 45.9 Å². The molecule has 33 heavy (non-hydrogen) atoms. The van der Waals surface area contributed by atoms with Gasteiger partial charge in [0, 0.05) is 23.7 Å². The van der Waals surface area contributed by atoms with Crippen molar-refractivity contribution in [1.82, 2.24) is 4.98 Å². The minimum absolute atomic E-state index is 0.0974. The van der Waals surface area contributed by atoms with Gasteiger partial charge >= 0.3 is 0 Å². The Morgan fingerprint density at radius 1 is 1.06 bits per heavy atom. The molecule has 2 N–H and O–H groups in total. The summed E-state index contributed by atoms with van der Waals surface area (Å²) in [5.41, 5.74) is 6.49. The molecule has 5 rings (SSSR count). The molecule has 8 heteroatoms. The van der Waals surface area contributed by atoms with E-state index in [-0.39, 0.29) is 12.3 Å². The number of benzene rings is 2. The molecule has 0 fully saturated rings. The molecule has 0 saturated carbocycles. The third kappa shape index (κ3) is 4.51. The van der Waals surface area contributed by atoms with Gasteiger partial charge in [0.2, 0.25) is 11.8 Å². The number of aromatic nitrogens is 1. The summed E-state index contributed by atoms with van der Waals surface area (Å²) in [6.45, 7) is 0. The van der Waals surface area contributed by atoms with Crippen LogP contribution in [0.2, 0.25) is 0 Å². The van der Waals surface area contributed by atoms with Gasteiger partial charge in [-0.05, 0) is 53.3 Å². The molecule has 164 valence electrons. The number of fused-ring (bicyclic) bond motifs is 3. The molecule has 3 amide bonds. The predicted molar refractivity (Wildman–Crippen MR) is 129 cm³/mol. The summed E-state index contributed by atoms with van der Waals surface area (Å²) in [4.78, 5) is 44.4. The Balaban J connectivity index is 1.14. The van der Waals surface area contributed by atoms with E-state index in [0.29, 0.717) is 17.2 Å². The van der Waals surface area contributed by atoms with Gasteiger partial charge in [-0.25, -0.2) is 9.98 Å². The predicted octanol–water partition coefficient (Wildman–Crippen LogP) is 4.01. The normalized spacial score (nSPS) is 15.8. The largest absolute Gasteiger partial charge is 0.326 e. The second kappa shape index (κ2) is 8.91. The smallest absolute Gasteiger partial charge is 0.262 e. The minimum atomic E-state index is -0.937. The molecule has 1 aliphatic carbocycles. The molecular formula is C25H20N4O3S. The molecule has 0 radical (unpaired) electrons. The SMILES string of the molecule is O=C(CCc1csc(NC(=O)C2C=CC=NC2=O)n1)Nc1ccc2c(c1)Cc1ccccc1-2. The number of hydrogen-bond acceptors (Lipinski definition) is 5. The van der Waals surface area contributed by atoms with Gasteiger partial charge in [-0.15, -0.1) is 11.3 Å². The Kier molecular flexibility index (Phi) is 5.66. The van der Waals surface area contributed by atoms with Gasteiger partial charge < -0.3 is 10.6 Å². The first kappa shape index (κ1) is 21.0. The maximum Gasteiger partial charge on any atom is 0.262 e. The van der Waals surface area contributed by atoms with Gasteiger partial charge in [0.15, 0.2) is 5.13 Å². The summed E-state index contributed by atoms with van der Waals surface area (Å²) < 4.78 is 0. The van der Waals surface area contributed by atoms with Crippen molar-refractivity contribution >= 4 is 46.1 Å². The first-order valence-corrected chi connectivity index (χ1v) is 11.5. The lowest BCUT2D eigenvalue weighted by Gasteiger charge is -2.09. The summed E-state index contributed by atoms with van der Waals surface area (Å²) in [6.07, 6.45) is 6.02. The highest BCUT2D eigenvalue weighted by Crippen LogP contribution is 2.37. The number of allylic oxidation sites excluding steroid dienone is 1. The van der Waals surface area contributed by atoms with E-state index in [0.717, 1.165) is 12.1 Å². The number of anilines is 2. The van der Waals surface area contributed by atoms with E-state index in [1.807, 2.05) is 24.3 Å². The zero-order valence-electron chi connectivity index (χ0n) is 17.6. The Morgan fingerprint density at radius 2 is 1.91 bits per heavy atom. The van der Waals surface area contributed by atoms with Gasteiger partial charge in [-0.2, -0.15) is 0 Å². The Bertz CT molecular complexity index is 1320. The number of nitrogens with zero attached hydrogens (tertiary/aromatic N) is 2. The number of nitrogens with one attached hydrogen (secondary N) is 2. The Labute approximate surface area is 194 Å². The quantitative estimate of drug-likeness (QED) is 0.428. The number of aryl methyl sites for hydroxylation is 1. The first-order valence-electron chi connectivity index (χ1n) is 10.6. The van der Waals surface area contributed by atoms with Crippen molar-refractivity contribution in [2.24, 2.45) is 10.9 Å². The topological polar surface area (TPSA) is 101 Å². The van der Waals surface area contributed by atoms with Crippen molar-refractivity contribution in [1.29, 1.82) is 0 Å². The molecule has 1 aromatic heterocycles. The van der Waals surface area contributed by atoms with Gasteiger partial charge in [0.25, 0.3) is 5.91 Å². The summed E-state index contributed by atoms with van der Waals surface area (Å²) in [7, 11) is 0. The number of carbonyl (C=O) groups is 3. The van der Waals surface area contributed by atoms with Crippen LogP contribution in [-0.2, 0) is 27.2 Å². The first-order chi connectivity index (χ1) is 16.1. The lowest BCUT2D eigenvalue weighted by atomic mass is 10.1. The van der Waals surface area contributed by atoms with Crippen LogP contribution in [0.4, 0.5) is 10.8 Å². The Morgan fingerprint density at radius 3 is 2.79 bits per heavy atom. The van der Waals surface area contributed by atoms with E-state index in [2.05, 4.69) is 38.8 Å². The highest BCUT2D eigenvalue weighted by Gasteiger charge is 2.25. The third-order valence-corrected chi connectivity index (χ3v) is 6.41. The van der Waals surface area contributed by atoms with Crippen molar-refractivity contribution in [3.8, 4) is 11.1 Å². The van der Waals surface area contributed by atoms with Crippen molar-refractivity contribution < 1.29 is 14.4 Å². The zero-order chi connectivity index (χ0) is 22.8. The number of dihydropyridines is 1. The Hall–Kier alpha value is -3.91. The van der Waals surface area contributed by atoms with Crippen molar-refractivity contribution in [2.45, 2.75) is 19.3 Å². The monoisotopic (exact) mass is 456 g/mol. The van der Waals surface area contributed by atoms with Crippen LogP contribution in [0.3, 0.4) is 0 Å². The minimum Gasteiger partial charge on any atom is -0.326 e. The second-order valence-corrected chi connectivity index (χ2v) is 8.72. The fourth-order valence-corrected chi connectivity index (χ4v) is 4.74. The standard InChI is InChI=1S/C25H20N4O3S/c30-22(27-17-7-9-20-16(13-17)12-15-4-1-2-5-19(15)20)10-8-18-14-33-25(28-18)29-24(32)21-6-3-11-26-23(21)31/h1-7,9,11,13-14,21H,8,10,12H2,(H,27,30)(H,28,29,32). The molecule has 2 heterocycles. The van der Waals surface area contributed by atoms with Crippen LogP contribution in [0.25, 0.3) is 11.1 Å². The fourth-order valence-electron chi connectivity index (χ4n) is 3.99. The summed E-state index contributed by atoms with van der Waals surface area (Å²) in [5, 5.41) is 7.80. The van der Waals surface area contributed by atoms with Crippen LogP contribution in [0.5, 0.6) is 0 Å². The number of amides is 3. The molecule has 7 nitrogen and oxygen atoms in total. The molecule has 1 atom stereocenters. The number of aliphatic imine (C=N–C) groups is 1. The van der Waals surface area contributed by atoms with E-state index >= 15 is 0 Å². The molecule has 1 aliphatic heterocycles. The summed E-state index contributed by atoms with van der Waals surface area (Å²) >= 11 is 1.26. The van der Waals surface area contributed by atoms with Crippen LogP contribution < -0.4 is 10.6 Å². The maximum atomic E-state index is 12.5. The van der Waals surface area contributed by atoms with E-state index < -0.39 is 17.7 Å². The van der Waals surface area contributed by atoms with Gasteiger partial charge in [0.05, 0.1) is 5.69 Å². The van der Waals surface area contributed by atoms with Gasteiger partial charge in [0.1, 0.15) is 5.92 Å². The molecule has 0 saturated heterocycles.